The first-order chi connectivity index (χ1) is 27.1. The van der Waals surface area contributed by atoms with Crippen molar-refractivity contribution in [1.29, 1.82) is 5.26 Å². The van der Waals surface area contributed by atoms with Crippen molar-refractivity contribution in [3.63, 3.8) is 0 Å². The summed E-state index contributed by atoms with van der Waals surface area (Å²) < 4.78 is 46.2. The van der Waals surface area contributed by atoms with E-state index in [9.17, 15) is 19.7 Å². The van der Waals surface area contributed by atoms with Crippen LogP contribution in [0, 0.1) is 24.2 Å². The van der Waals surface area contributed by atoms with E-state index in [1.807, 2.05) is 20.8 Å². The number of rotatable bonds is 27. The summed E-state index contributed by atoms with van der Waals surface area (Å²) in [4.78, 5) is 17.3. The Morgan fingerprint density at radius 1 is 1.00 bits per heavy atom. The van der Waals surface area contributed by atoms with Gasteiger partial charge in [0.05, 0.1) is 30.1 Å². The van der Waals surface area contributed by atoms with Gasteiger partial charge in [0.25, 0.3) is 0 Å². The molecule has 0 saturated carbocycles. The molecule has 1 fully saturated rings. The molecule has 6 atom stereocenters. The number of hydrogen-bond donors (Lipinski definition) is 2. The Labute approximate surface area is 333 Å². The lowest BCUT2D eigenvalue weighted by atomic mass is 9.92. The van der Waals surface area contributed by atoms with Crippen LogP contribution in [0.4, 0.5) is 0 Å². The van der Waals surface area contributed by atoms with Crippen molar-refractivity contribution in [2.45, 2.75) is 154 Å². The fourth-order valence-electron chi connectivity index (χ4n) is 7.02. The fraction of sp³-hybridized carbons (Fsp3) is 0.667. The highest BCUT2D eigenvalue weighted by molar-refractivity contribution is 7.52. The summed E-state index contributed by atoms with van der Waals surface area (Å²) in [5.41, 5.74) is -0.280. The maximum atomic E-state index is 14.4. The molecule has 4 rings (SSSR count). The molecule has 0 spiro atoms. The number of aliphatic hydroxyl groups is 1. The van der Waals surface area contributed by atoms with Gasteiger partial charge in [0.15, 0.2) is 0 Å². The van der Waals surface area contributed by atoms with E-state index in [0.717, 1.165) is 38.5 Å². The van der Waals surface area contributed by atoms with Crippen molar-refractivity contribution < 1.29 is 37.7 Å². The summed E-state index contributed by atoms with van der Waals surface area (Å²) >= 11 is 0. The predicted octanol–water partition coefficient (Wildman–Crippen LogP) is 8.76. The molecular formula is C42H64N5O8P. The second-order valence-corrected chi connectivity index (χ2v) is 16.6. The molecule has 0 amide bonds. The van der Waals surface area contributed by atoms with Crippen LogP contribution in [0.15, 0.2) is 48.8 Å². The molecule has 1 aliphatic rings. The van der Waals surface area contributed by atoms with E-state index in [-0.39, 0.29) is 18.3 Å². The van der Waals surface area contributed by atoms with Gasteiger partial charge in [0.2, 0.25) is 5.60 Å². The average Bonchev–Trinajstić information content (AvgIpc) is 3.76. The van der Waals surface area contributed by atoms with Gasteiger partial charge in [0.1, 0.15) is 42.5 Å². The van der Waals surface area contributed by atoms with Crippen LogP contribution in [0.25, 0.3) is 5.52 Å². The van der Waals surface area contributed by atoms with Gasteiger partial charge in [-0.15, -0.1) is 0 Å². The number of carbonyl (C=O) groups excluding carboxylic acids is 1. The maximum Gasteiger partial charge on any atom is 0.459 e. The number of ether oxygens (including phenoxy) is 3. The summed E-state index contributed by atoms with van der Waals surface area (Å²) in [6.45, 7) is 9.80. The minimum atomic E-state index is -4.30. The SMILES string of the molecule is CCCCCCCCCCCCCCO[C@H]1[C@@H](O)[C@](C#N)(c2ccc3c(C)ncnn23)O[C@@H]1COP(=O)(N[C@H](C)C(=O)OCC(CC)CC)Oc1ccccc1. The summed E-state index contributed by atoms with van der Waals surface area (Å²) in [6.07, 6.45) is 13.8. The van der Waals surface area contributed by atoms with Gasteiger partial charge in [-0.05, 0) is 50.5 Å². The van der Waals surface area contributed by atoms with E-state index in [1.165, 1.54) is 69.1 Å². The molecule has 1 aromatic carbocycles. The van der Waals surface area contributed by atoms with Gasteiger partial charge in [-0.1, -0.05) is 122 Å². The second kappa shape index (κ2) is 23.1. The lowest BCUT2D eigenvalue weighted by molar-refractivity contribution is -0.146. The molecule has 3 heterocycles. The minimum Gasteiger partial charge on any atom is -0.464 e. The number of hydrogen-bond acceptors (Lipinski definition) is 11. The van der Waals surface area contributed by atoms with Crippen LogP contribution < -0.4 is 9.61 Å². The third kappa shape index (κ3) is 12.6. The highest BCUT2D eigenvalue weighted by Gasteiger charge is 2.59. The predicted molar refractivity (Wildman–Crippen MR) is 215 cm³/mol. The molecule has 1 unspecified atom stereocenters. The number of nitrogens with one attached hydrogen (secondary N) is 1. The van der Waals surface area contributed by atoms with Crippen molar-refractivity contribution in [1.82, 2.24) is 19.7 Å². The maximum absolute atomic E-state index is 14.4. The number of aromatic nitrogens is 3. The quantitative estimate of drug-likeness (QED) is 0.0428. The topological polar surface area (TPSA) is 167 Å². The lowest BCUT2D eigenvalue weighted by Gasteiger charge is -2.26. The van der Waals surface area contributed by atoms with E-state index in [1.54, 1.807) is 42.5 Å². The molecule has 0 aliphatic carbocycles. The first-order valence-corrected chi connectivity index (χ1v) is 22.3. The molecule has 0 bridgehead atoms. The van der Waals surface area contributed by atoms with Crippen molar-refractivity contribution in [2.24, 2.45) is 5.92 Å². The first kappa shape index (κ1) is 45.3. The Morgan fingerprint density at radius 2 is 1.64 bits per heavy atom. The van der Waals surface area contributed by atoms with E-state index in [0.29, 0.717) is 23.5 Å². The van der Waals surface area contributed by atoms with Crippen molar-refractivity contribution in [2.75, 3.05) is 19.8 Å². The van der Waals surface area contributed by atoms with Crippen LogP contribution >= 0.6 is 7.75 Å². The number of fused-ring (bicyclic) bond motifs is 1. The normalized spacial score (nSPS) is 21.2. The van der Waals surface area contributed by atoms with E-state index in [4.69, 9.17) is 23.3 Å². The number of nitriles is 1. The zero-order valence-corrected chi connectivity index (χ0v) is 35.0. The number of esters is 1. The van der Waals surface area contributed by atoms with E-state index in [2.05, 4.69) is 28.2 Å². The molecule has 2 aromatic heterocycles. The summed E-state index contributed by atoms with van der Waals surface area (Å²) in [5, 5.41) is 29.7. The highest BCUT2D eigenvalue weighted by Crippen LogP contribution is 2.48. The third-order valence-electron chi connectivity index (χ3n) is 10.6. The molecule has 1 aliphatic heterocycles. The summed E-state index contributed by atoms with van der Waals surface area (Å²) in [7, 11) is -4.30. The molecule has 2 N–H and O–H groups in total. The smallest absolute Gasteiger partial charge is 0.459 e. The molecule has 0 radical (unpaired) electrons. The van der Waals surface area contributed by atoms with E-state index >= 15 is 0 Å². The minimum absolute atomic E-state index is 0.209. The van der Waals surface area contributed by atoms with Crippen LogP contribution in [0.1, 0.15) is 129 Å². The van der Waals surface area contributed by atoms with Crippen LogP contribution in [0.5, 0.6) is 5.75 Å². The number of benzene rings is 1. The molecule has 310 valence electrons. The second-order valence-electron chi connectivity index (χ2n) is 14.9. The Kier molecular flexibility index (Phi) is 18.7. The number of unbranched alkanes of at least 4 members (excludes halogenated alkanes) is 11. The van der Waals surface area contributed by atoms with Crippen LogP contribution in [0.3, 0.4) is 0 Å². The van der Waals surface area contributed by atoms with Gasteiger partial charge >= 0.3 is 13.7 Å². The van der Waals surface area contributed by atoms with Gasteiger partial charge in [-0.3, -0.25) is 9.32 Å². The first-order valence-electron chi connectivity index (χ1n) is 20.7. The molecule has 56 heavy (non-hydrogen) atoms. The molecule has 14 heteroatoms. The van der Waals surface area contributed by atoms with Crippen LogP contribution in [-0.4, -0.2) is 69.8 Å². The van der Waals surface area contributed by atoms with Gasteiger partial charge < -0.3 is 23.8 Å². The third-order valence-corrected chi connectivity index (χ3v) is 12.3. The average molecular weight is 798 g/mol. The van der Waals surface area contributed by atoms with Crippen LogP contribution in [-0.2, 0) is 33.7 Å². The standard InChI is InChI=1S/C42H64N5O8P/c1-6-9-10-11-12-13-14-15-16-17-18-22-27-51-39-37(54-42(30-43,40(39)48)38-26-25-36-32(4)44-31-45-47(36)38)29-53-56(50,55-35-23-20-19-21-24-35)46-33(5)41(49)52-28-34(7-2)8-3/h19-21,23-26,31,33-34,37,39-40,48H,6-18,22,27-29H2,1-5H3,(H,46,50)/t33-,37-,39-,40-,42+,56?/m1/s1. The monoisotopic (exact) mass is 797 g/mol. The Balaban J connectivity index is 1.47. The van der Waals surface area contributed by atoms with Gasteiger partial charge in [-0.2, -0.15) is 15.4 Å². The molecule has 1 saturated heterocycles. The van der Waals surface area contributed by atoms with E-state index < -0.39 is 50.3 Å². The Bertz CT molecular complexity index is 1700. The van der Waals surface area contributed by atoms with Crippen LogP contribution in [0.2, 0.25) is 0 Å². The number of para-hydroxylation sites is 1. The lowest BCUT2D eigenvalue weighted by Crippen LogP contribution is -2.42. The zero-order valence-electron chi connectivity index (χ0n) is 34.1. The Hall–Kier alpha value is -3.37. The number of aryl methyl sites for hydroxylation is 1. The Morgan fingerprint density at radius 3 is 2.27 bits per heavy atom. The van der Waals surface area contributed by atoms with Crippen molar-refractivity contribution in [3.8, 4) is 11.8 Å². The van der Waals surface area contributed by atoms with Crippen molar-refractivity contribution in [3.05, 3.63) is 60.2 Å². The summed E-state index contributed by atoms with van der Waals surface area (Å²) in [6, 6.07) is 13.0. The number of nitrogens with zero attached hydrogens (tertiary/aromatic N) is 4. The molecule has 13 nitrogen and oxygen atoms in total. The van der Waals surface area contributed by atoms with Crippen molar-refractivity contribution >= 4 is 19.2 Å². The van der Waals surface area contributed by atoms with Gasteiger partial charge in [-0.25, -0.2) is 14.1 Å². The highest BCUT2D eigenvalue weighted by atomic mass is 31.2. The summed E-state index contributed by atoms with van der Waals surface area (Å²) in [5.74, 6) is -0.148. The zero-order chi connectivity index (χ0) is 40.4. The molecule has 3 aromatic rings. The largest absolute Gasteiger partial charge is 0.464 e. The van der Waals surface area contributed by atoms with Gasteiger partial charge in [0, 0.05) is 6.61 Å². The molecular weight excluding hydrogens is 733 g/mol. The fourth-order valence-corrected chi connectivity index (χ4v) is 8.52. The number of carbonyl (C=O) groups is 1. The number of aliphatic hydroxyl groups excluding tert-OH is 1.